The summed E-state index contributed by atoms with van der Waals surface area (Å²) in [5.74, 6) is -1.30. The fraction of sp³-hybridized carbons (Fsp3) is 0.316. The Hall–Kier alpha value is -2.17. The first-order chi connectivity index (χ1) is 14.3. The van der Waals surface area contributed by atoms with Crippen molar-refractivity contribution in [3.8, 4) is 5.75 Å². The lowest BCUT2D eigenvalue weighted by Crippen LogP contribution is -2.16. The van der Waals surface area contributed by atoms with Gasteiger partial charge < -0.3 is 9.84 Å². The fourth-order valence-corrected chi connectivity index (χ4v) is 3.81. The van der Waals surface area contributed by atoms with Crippen molar-refractivity contribution in [2.45, 2.75) is 32.5 Å². The van der Waals surface area contributed by atoms with E-state index in [4.69, 9.17) is 33.0 Å². The van der Waals surface area contributed by atoms with E-state index in [2.05, 4.69) is 4.72 Å². The van der Waals surface area contributed by atoms with Crippen molar-refractivity contribution in [3.63, 3.8) is 0 Å². The molecule has 2 aromatic carbocycles. The number of anilines is 1. The number of carboxylic acid groups (broad SMARTS) is 1. The van der Waals surface area contributed by atoms with Crippen LogP contribution in [0.25, 0.3) is 0 Å². The van der Waals surface area contributed by atoms with Crippen LogP contribution in [0.15, 0.2) is 30.3 Å². The minimum atomic E-state index is -4.70. The molecule has 0 saturated carbocycles. The number of hydrogen-bond acceptors (Lipinski definition) is 4. The number of nitrogens with one attached hydrogen (secondary N) is 1. The Morgan fingerprint density at radius 1 is 1.10 bits per heavy atom. The van der Waals surface area contributed by atoms with Crippen molar-refractivity contribution in [2.75, 3.05) is 10.5 Å². The molecule has 0 aliphatic rings. The molecule has 0 unspecified atom stereocenters. The van der Waals surface area contributed by atoms with Crippen LogP contribution < -0.4 is 9.46 Å². The summed E-state index contributed by atoms with van der Waals surface area (Å²) in [5, 5.41) is 8.88. The lowest BCUT2D eigenvalue weighted by Gasteiger charge is -2.15. The summed E-state index contributed by atoms with van der Waals surface area (Å²) in [5.41, 5.74) is -0.717. The molecule has 0 amide bonds. The van der Waals surface area contributed by atoms with Gasteiger partial charge in [0.25, 0.3) is 0 Å². The summed E-state index contributed by atoms with van der Waals surface area (Å²) in [7, 11) is -3.79. The number of halogens is 5. The van der Waals surface area contributed by atoms with Gasteiger partial charge in [-0.15, -0.1) is 0 Å². The van der Waals surface area contributed by atoms with Gasteiger partial charge in [0.1, 0.15) is 6.61 Å². The zero-order valence-corrected chi connectivity index (χ0v) is 18.4. The van der Waals surface area contributed by atoms with E-state index in [0.29, 0.717) is 11.6 Å². The Kier molecular flexibility index (Phi) is 8.07. The number of hydrogen-bond donors (Lipinski definition) is 2. The Bertz CT molecular complexity index is 1050. The monoisotopic (exact) mass is 499 g/mol. The van der Waals surface area contributed by atoms with Gasteiger partial charge in [-0.1, -0.05) is 23.2 Å². The molecule has 31 heavy (non-hydrogen) atoms. The minimum absolute atomic E-state index is 0.00973. The van der Waals surface area contributed by atoms with Crippen molar-refractivity contribution in [1.82, 2.24) is 0 Å². The maximum atomic E-state index is 13.2. The second-order valence-electron chi connectivity index (χ2n) is 6.49. The van der Waals surface area contributed by atoms with Crippen LogP contribution in [-0.2, 0) is 34.0 Å². The molecule has 0 aliphatic carbocycles. The van der Waals surface area contributed by atoms with Gasteiger partial charge in [-0.25, -0.2) is 8.42 Å². The standard InChI is InChI=1S/C19H18Cl2F3NO5S/c1-2-31(28,29)25-14-6-12(5-13(9-14)19(22,23)24)10-30-18-15(20)7-11(8-16(18)21)3-4-17(26)27/h5-9,25H,2-4,10H2,1H3,(H,26,27). The molecule has 0 atom stereocenters. The molecular formula is C19H18Cl2F3NO5S. The van der Waals surface area contributed by atoms with Gasteiger partial charge in [0.15, 0.2) is 5.75 Å². The van der Waals surface area contributed by atoms with Crippen LogP contribution in [0.1, 0.15) is 30.0 Å². The van der Waals surface area contributed by atoms with Crippen molar-refractivity contribution in [3.05, 3.63) is 57.1 Å². The lowest BCUT2D eigenvalue weighted by atomic mass is 10.1. The van der Waals surface area contributed by atoms with Gasteiger partial charge in [0.05, 0.1) is 21.4 Å². The molecule has 170 valence electrons. The summed E-state index contributed by atoms with van der Waals surface area (Å²) >= 11 is 12.3. The molecule has 0 heterocycles. The average molecular weight is 500 g/mol. The number of ether oxygens (including phenoxy) is 1. The number of rotatable bonds is 9. The highest BCUT2D eigenvalue weighted by atomic mass is 35.5. The number of benzene rings is 2. The van der Waals surface area contributed by atoms with Crippen molar-refractivity contribution in [2.24, 2.45) is 0 Å². The molecular weight excluding hydrogens is 482 g/mol. The van der Waals surface area contributed by atoms with Crippen LogP contribution in [0.3, 0.4) is 0 Å². The first-order valence-electron chi connectivity index (χ1n) is 8.85. The van der Waals surface area contributed by atoms with E-state index in [1.54, 1.807) is 0 Å². The molecule has 0 spiro atoms. The zero-order valence-electron chi connectivity index (χ0n) is 16.1. The number of aliphatic carboxylic acids is 1. The van der Waals surface area contributed by atoms with Gasteiger partial charge in [0.2, 0.25) is 10.0 Å². The minimum Gasteiger partial charge on any atom is -0.486 e. The molecule has 6 nitrogen and oxygen atoms in total. The van der Waals surface area contributed by atoms with Crippen molar-refractivity contribution >= 4 is 44.9 Å². The number of alkyl halides is 3. The fourth-order valence-electron chi connectivity index (χ4n) is 2.55. The molecule has 12 heteroatoms. The highest BCUT2D eigenvalue weighted by Crippen LogP contribution is 2.36. The van der Waals surface area contributed by atoms with E-state index in [-0.39, 0.29) is 52.2 Å². The van der Waals surface area contributed by atoms with Gasteiger partial charge in [-0.3, -0.25) is 9.52 Å². The molecule has 2 aromatic rings. The van der Waals surface area contributed by atoms with Gasteiger partial charge in [0, 0.05) is 12.1 Å². The maximum absolute atomic E-state index is 13.2. The average Bonchev–Trinajstić information content (AvgIpc) is 2.64. The highest BCUT2D eigenvalue weighted by Gasteiger charge is 2.31. The second-order valence-corrected chi connectivity index (χ2v) is 9.32. The lowest BCUT2D eigenvalue weighted by molar-refractivity contribution is -0.138. The SMILES string of the molecule is CCS(=O)(=O)Nc1cc(COc2c(Cl)cc(CCC(=O)O)cc2Cl)cc(C(F)(F)F)c1. The van der Waals surface area contributed by atoms with E-state index in [9.17, 15) is 26.4 Å². The zero-order chi connectivity index (χ0) is 23.4. The van der Waals surface area contributed by atoms with E-state index in [0.717, 1.165) is 6.07 Å². The molecule has 0 fully saturated rings. The maximum Gasteiger partial charge on any atom is 0.416 e. The predicted molar refractivity (Wildman–Crippen MR) is 111 cm³/mol. The van der Waals surface area contributed by atoms with Crippen LogP contribution in [0, 0.1) is 0 Å². The number of aryl methyl sites for hydroxylation is 1. The summed E-state index contributed by atoms with van der Waals surface area (Å²) in [6.45, 7) is 0.975. The van der Waals surface area contributed by atoms with Crippen LogP contribution in [-0.4, -0.2) is 25.2 Å². The first kappa shape index (κ1) is 25.1. The van der Waals surface area contributed by atoms with Gasteiger partial charge >= 0.3 is 12.1 Å². The Labute approximate surface area is 187 Å². The smallest absolute Gasteiger partial charge is 0.416 e. The predicted octanol–water partition coefficient (Wildman–Crippen LogP) is 5.37. The van der Waals surface area contributed by atoms with Crippen molar-refractivity contribution in [1.29, 1.82) is 0 Å². The topological polar surface area (TPSA) is 92.7 Å². The Morgan fingerprint density at radius 2 is 1.71 bits per heavy atom. The molecule has 0 bridgehead atoms. The largest absolute Gasteiger partial charge is 0.486 e. The Morgan fingerprint density at radius 3 is 2.23 bits per heavy atom. The third kappa shape index (κ3) is 7.48. The normalized spacial score (nSPS) is 11.9. The van der Waals surface area contributed by atoms with E-state index >= 15 is 0 Å². The number of carbonyl (C=O) groups is 1. The van der Waals surface area contributed by atoms with Crippen molar-refractivity contribution < 1.29 is 36.2 Å². The van der Waals surface area contributed by atoms with E-state index < -0.39 is 27.7 Å². The number of carboxylic acids is 1. The summed E-state index contributed by atoms with van der Waals surface area (Å²) in [4.78, 5) is 10.7. The van der Waals surface area contributed by atoms with Gasteiger partial charge in [-0.05, 0) is 54.8 Å². The molecule has 0 aromatic heterocycles. The van der Waals surface area contributed by atoms with E-state index in [1.807, 2.05) is 0 Å². The van der Waals surface area contributed by atoms with Crippen LogP contribution in [0.5, 0.6) is 5.75 Å². The highest BCUT2D eigenvalue weighted by molar-refractivity contribution is 7.92. The third-order valence-electron chi connectivity index (χ3n) is 4.04. The second kappa shape index (κ2) is 9.97. The summed E-state index contributed by atoms with van der Waals surface area (Å²) in [6.07, 6.45) is -4.65. The molecule has 2 N–H and O–H groups in total. The third-order valence-corrected chi connectivity index (χ3v) is 5.91. The Balaban J connectivity index is 2.29. The quantitative estimate of drug-likeness (QED) is 0.483. The van der Waals surface area contributed by atoms with Crippen LogP contribution in [0.2, 0.25) is 10.0 Å². The molecule has 0 saturated heterocycles. The molecule has 0 aliphatic heterocycles. The van der Waals surface area contributed by atoms with Crippen LogP contribution >= 0.6 is 23.2 Å². The van der Waals surface area contributed by atoms with E-state index in [1.165, 1.54) is 25.1 Å². The molecule has 2 rings (SSSR count). The number of sulfonamides is 1. The molecule has 0 radical (unpaired) electrons. The first-order valence-corrected chi connectivity index (χ1v) is 11.3. The summed E-state index contributed by atoms with van der Waals surface area (Å²) < 4.78 is 70.7. The van der Waals surface area contributed by atoms with Crippen LogP contribution in [0.4, 0.5) is 18.9 Å². The van der Waals surface area contributed by atoms with Gasteiger partial charge in [-0.2, -0.15) is 13.2 Å². The summed E-state index contributed by atoms with van der Waals surface area (Å²) in [6, 6.07) is 5.64.